The lowest BCUT2D eigenvalue weighted by atomic mass is 10.1. The van der Waals surface area contributed by atoms with Crippen molar-refractivity contribution in [2.75, 3.05) is 6.54 Å². The van der Waals surface area contributed by atoms with Crippen LogP contribution in [0.5, 0.6) is 0 Å². The molecule has 0 spiro atoms. The molecule has 1 aromatic rings. The second kappa shape index (κ2) is 5.61. The number of nitrogens with one attached hydrogen (secondary N) is 1. The van der Waals surface area contributed by atoms with E-state index in [0.717, 1.165) is 25.7 Å². The summed E-state index contributed by atoms with van der Waals surface area (Å²) in [6, 6.07) is 1.42. The van der Waals surface area contributed by atoms with Crippen LogP contribution >= 0.6 is 0 Å². The van der Waals surface area contributed by atoms with Crippen LogP contribution in [0.1, 0.15) is 25.7 Å². The number of carbonyl (C=O) groups is 1. The minimum absolute atomic E-state index is 0.0879. The lowest BCUT2D eigenvalue weighted by Crippen LogP contribution is -2.33. The molecule has 92 valence electrons. The minimum Gasteiger partial charge on any atom is -0.354 e. The Kier molecular flexibility index (Phi) is 3.90. The van der Waals surface area contributed by atoms with Gasteiger partial charge in [-0.3, -0.25) is 14.2 Å². The molecule has 1 heterocycles. The van der Waals surface area contributed by atoms with E-state index in [4.69, 9.17) is 0 Å². The number of aromatic nitrogens is 2. The first kappa shape index (κ1) is 11.8. The number of carbonyl (C=O) groups excluding carboxylic acids is 1. The van der Waals surface area contributed by atoms with Crippen molar-refractivity contribution in [2.24, 2.45) is 5.92 Å². The molecule has 0 unspecified atom stereocenters. The Morgan fingerprint density at radius 2 is 2.24 bits per heavy atom. The van der Waals surface area contributed by atoms with Crippen molar-refractivity contribution in [2.45, 2.75) is 32.2 Å². The Balaban J connectivity index is 1.78. The van der Waals surface area contributed by atoms with E-state index in [1.54, 1.807) is 0 Å². The van der Waals surface area contributed by atoms with Crippen LogP contribution in [0.4, 0.5) is 0 Å². The molecule has 0 aliphatic heterocycles. The maximum absolute atomic E-state index is 11.7. The van der Waals surface area contributed by atoms with Gasteiger partial charge in [-0.25, -0.2) is 4.98 Å². The van der Waals surface area contributed by atoms with Gasteiger partial charge in [-0.2, -0.15) is 0 Å². The molecule has 2 rings (SSSR count). The Hall–Kier alpha value is -1.65. The summed E-state index contributed by atoms with van der Waals surface area (Å²) >= 11 is 0. The van der Waals surface area contributed by atoms with E-state index in [0.29, 0.717) is 13.1 Å². The first-order valence-corrected chi connectivity index (χ1v) is 6.05. The summed E-state index contributed by atoms with van der Waals surface area (Å²) in [5.74, 6) is 0.306. The number of amides is 1. The zero-order chi connectivity index (χ0) is 12.1. The second-order valence-electron chi connectivity index (χ2n) is 4.38. The van der Waals surface area contributed by atoms with E-state index in [-0.39, 0.29) is 17.4 Å². The molecular formula is C12H17N3O2. The van der Waals surface area contributed by atoms with E-state index in [2.05, 4.69) is 10.3 Å². The average Bonchev–Trinajstić information content (AvgIpc) is 2.85. The summed E-state index contributed by atoms with van der Waals surface area (Å²) < 4.78 is 1.49. The molecule has 1 amide bonds. The molecule has 1 saturated carbocycles. The van der Waals surface area contributed by atoms with Gasteiger partial charge in [-0.05, 0) is 12.8 Å². The SMILES string of the molecule is O=C(NCCn1cnccc1=O)C1CCCC1. The molecule has 1 aliphatic carbocycles. The number of hydrogen-bond acceptors (Lipinski definition) is 3. The van der Waals surface area contributed by atoms with Crippen LogP contribution in [0.15, 0.2) is 23.4 Å². The number of hydrogen-bond donors (Lipinski definition) is 1. The Labute approximate surface area is 99.9 Å². The number of nitrogens with zero attached hydrogens (tertiary/aromatic N) is 2. The lowest BCUT2D eigenvalue weighted by Gasteiger charge is -2.10. The molecule has 1 fully saturated rings. The largest absolute Gasteiger partial charge is 0.354 e. The van der Waals surface area contributed by atoms with Gasteiger partial charge in [-0.15, -0.1) is 0 Å². The standard InChI is InChI=1S/C12H17N3O2/c16-11-5-6-13-9-15(11)8-7-14-12(17)10-3-1-2-4-10/h5-6,9-10H,1-4,7-8H2,(H,14,17). The van der Waals surface area contributed by atoms with Gasteiger partial charge >= 0.3 is 0 Å². The summed E-state index contributed by atoms with van der Waals surface area (Å²) in [6.07, 6.45) is 7.26. The van der Waals surface area contributed by atoms with E-state index in [1.165, 1.54) is 23.2 Å². The van der Waals surface area contributed by atoms with Gasteiger partial charge in [0, 0.05) is 31.3 Å². The van der Waals surface area contributed by atoms with Gasteiger partial charge in [0.05, 0.1) is 6.33 Å². The van der Waals surface area contributed by atoms with Gasteiger partial charge < -0.3 is 5.32 Å². The third-order valence-electron chi connectivity index (χ3n) is 3.17. The lowest BCUT2D eigenvalue weighted by molar-refractivity contribution is -0.124. The molecule has 5 nitrogen and oxygen atoms in total. The van der Waals surface area contributed by atoms with Crippen LogP contribution < -0.4 is 10.9 Å². The highest BCUT2D eigenvalue weighted by Crippen LogP contribution is 2.24. The van der Waals surface area contributed by atoms with E-state index in [1.807, 2.05) is 0 Å². The van der Waals surface area contributed by atoms with Gasteiger partial charge in [-0.1, -0.05) is 12.8 Å². The highest BCUT2D eigenvalue weighted by atomic mass is 16.2. The van der Waals surface area contributed by atoms with Gasteiger partial charge in [0.25, 0.3) is 5.56 Å². The molecule has 1 aromatic heterocycles. The zero-order valence-corrected chi connectivity index (χ0v) is 9.76. The molecule has 5 heteroatoms. The van der Waals surface area contributed by atoms with Gasteiger partial charge in [0.1, 0.15) is 0 Å². The fourth-order valence-corrected chi connectivity index (χ4v) is 2.18. The van der Waals surface area contributed by atoms with Gasteiger partial charge in [0.2, 0.25) is 5.91 Å². The topological polar surface area (TPSA) is 64.0 Å². The van der Waals surface area contributed by atoms with Crippen LogP contribution in [0.25, 0.3) is 0 Å². The van der Waals surface area contributed by atoms with Crippen LogP contribution in [0.2, 0.25) is 0 Å². The minimum atomic E-state index is -0.0879. The maximum Gasteiger partial charge on any atom is 0.253 e. The predicted octanol–water partition coefficient (Wildman–Crippen LogP) is 0.550. The highest BCUT2D eigenvalue weighted by Gasteiger charge is 2.21. The third-order valence-corrected chi connectivity index (χ3v) is 3.17. The van der Waals surface area contributed by atoms with Crippen molar-refractivity contribution in [3.8, 4) is 0 Å². The van der Waals surface area contributed by atoms with Crippen molar-refractivity contribution in [3.05, 3.63) is 28.9 Å². The monoisotopic (exact) mass is 235 g/mol. The molecular weight excluding hydrogens is 218 g/mol. The Bertz CT molecular complexity index is 435. The predicted molar refractivity (Wildman–Crippen MR) is 63.5 cm³/mol. The molecule has 0 bridgehead atoms. The van der Waals surface area contributed by atoms with E-state index >= 15 is 0 Å². The fourth-order valence-electron chi connectivity index (χ4n) is 2.18. The molecule has 17 heavy (non-hydrogen) atoms. The Morgan fingerprint density at radius 3 is 2.94 bits per heavy atom. The van der Waals surface area contributed by atoms with Crippen LogP contribution in [0, 0.1) is 5.92 Å². The normalized spacial score (nSPS) is 16.0. The average molecular weight is 235 g/mol. The first-order valence-electron chi connectivity index (χ1n) is 6.05. The fraction of sp³-hybridized carbons (Fsp3) is 0.583. The molecule has 1 aliphatic rings. The molecule has 0 atom stereocenters. The van der Waals surface area contributed by atoms with Crippen molar-refractivity contribution < 1.29 is 4.79 Å². The number of rotatable bonds is 4. The summed E-state index contributed by atoms with van der Waals surface area (Å²) in [7, 11) is 0. The van der Waals surface area contributed by atoms with Crippen LogP contribution in [0.3, 0.4) is 0 Å². The smallest absolute Gasteiger partial charge is 0.253 e. The van der Waals surface area contributed by atoms with Crippen molar-refractivity contribution in [1.82, 2.24) is 14.9 Å². The summed E-state index contributed by atoms with van der Waals surface area (Å²) in [6.45, 7) is 0.964. The molecule has 0 aromatic carbocycles. The van der Waals surface area contributed by atoms with E-state index in [9.17, 15) is 9.59 Å². The Morgan fingerprint density at radius 1 is 1.47 bits per heavy atom. The highest BCUT2D eigenvalue weighted by molar-refractivity contribution is 5.78. The third kappa shape index (κ3) is 3.15. The zero-order valence-electron chi connectivity index (χ0n) is 9.76. The molecule has 1 N–H and O–H groups in total. The van der Waals surface area contributed by atoms with Crippen molar-refractivity contribution in [1.29, 1.82) is 0 Å². The van der Waals surface area contributed by atoms with Crippen LogP contribution in [-0.2, 0) is 11.3 Å². The summed E-state index contributed by atoms with van der Waals surface area (Å²) in [4.78, 5) is 26.9. The van der Waals surface area contributed by atoms with Crippen LogP contribution in [-0.4, -0.2) is 22.0 Å². The molecule has 0 saturated heterocycles. The second-order valence-corrected chi connectivity index (χ2v) is 4.38. The van der Waals surface area contributed by atoms with Crippen molar-refractivity contribution in [3.63, 3.8) is 0 Å². The quantitative estimate of drug-likeness (QED) is 0.829. The van der Waals surface area contributed by atoms with Crippen molar-refractivity contribution >= 4 is 5.91 Å². The maximum atomic E-state index is 11.7. The van der Waals surface area contributed by atoms with E-state index < -0.39 is 0 Å². The summed E-state index contributed by atoms with van der Waals surface area (Å²) in [5, 5.41) is 2.87. The first-order chi connectivity index (χ1) is 8.27. The molecule has 0 radical (unpaired) electrons. The van der Waals surface area contributed by atoms with Gasteiger partial charge in [0.15, 0.2) is 0 Å². The summed E-state index contributed by atoms with van der Waals surface area (Å²) in [5.41, 5.74) is -0.0879.